The fourth-order valence-electron chi connectivity index (χ4n) is 1.60. The zero-order valence-corrected chi connectivity index (χ0v) is 11.4. The lowest BCUT2D eigenvalue weighted by atomic mass is 10.2. The van der Waals surface area contributed by atoms with Crippen molar-refractivity contribution >= 4 is 11.9 Å². The summed E-state index contributed by atoms with van der Waals surface area (Å²) in [6, 6.07) is 0. The number of rotatable bonds is 4. The largest absolute Gasteiger partial charge is 0.459 e. The van der Waals surface area contributed by atoms with Gasteiger partial charge in [0.1, 0.15) is 12.1 Å². The van der Waals surface area contributed by atoms with E-state index in [0.717, 1.165) is 19.4 Å². The van der Waals surface area contributed by atoms with Crippen molar-refractivity contribution in [3.05, 3.63) is 0 Å². The van der Waals surface area contributed by atoms with E-state index in [2.05, 4.69) is 10.3 Å². The lowest BCUT2D eigenvalue weighted by Crippen LogP contribution is -2.38. The number of carbonyl (C=O) groups is 1. The second kappa shape index (κ2) is 6.58. The van der Waals surface area contributed by atoms with Gasteiger partial charge in [-0.1, -0.05) is 0 Å². The quantitative estimate of drug-likeness (QED) is 0.433. The van der Waals surface area contributed by atoms with Crippen LogP contribution in [-0.4, -0.2) is 43.3 Å². The number of esters is 1. The molecule has 0 aliphatic carbocycles. The lowest BCUT2D eigenvalue weighted by Gasteiger charge is -2.18. The van der Waals surface area contributed by atoms with Crippen molar-refractivity contribution in [2.24, 2.45) is 10.7 Å². The Bertz CT molecular complexity index is 304. The molecule has 6 heteroatoms. The summed E-state index contributed by atoms with van der Waals surface area (Å²) in [5, 5.41) is 2.94. The highest BCUT2D eigenvalue weighted by Gasteiger charge is 2.16. The minimum atomic E-state index is -0.494. The van der Waals surface area contributed by atoms with Crippen molar-refractivity contribution in [3.63, 3.8) is 0 Å². The summed E-state index contributed by atoms with van der Waals surface area (Å²) in [5.74, 6) is -0.138. The molecule has 0 saturated carbocycles. The minimum Gasteiger partial charge on any atom is -0.459 e. The molecule has 1 saturated heterocycles. The molecular weight excluding hydrogens is 234 g/mol. The maximum Gasteiger partial charge on any atom is 0.328 e. The summed E-state index contributed by atoms with van der Waals surface area (Å²) >= 11 is 0. The van der Waals surface area contributed by atoms with E-state index >= 15 is 0 Å². The zero-order chi connectivity index (χ0) is 13.6. The number of hydrogen-bond donors (Lipinski definition) is 2. The first-order chi connectivity index (χ1) is 8.37. The van der Waals surface area contributed by atoms with E-state index in [9.17, 15) is 4.79 Å². The Morgan fingerprint density at radius 2 is 2.28 bits per heavy atom. The molecule has 3 N–H and O–H groups in total. The highest BCUT2D eigenvalue weighted by molar-refractivity contribution is 5.81. The lowest BCUT2D eigenvalue weighted by molar-refractivity contribution is -0.152. The summed E-state index contributed by atoms with van der Waals surface area (Å²) < 4.78 is 10.5. The molecule has 0 aromatic heterocycles. The Hall–Kier alpha value is -1.30. The molecule has 0 spiro atoms. The van der Waals surface area contributed by atoms with Gasteiger partial charge in [-0.15, -0.1) is 0 Å². The standard InChI is InChI=1S/C12H23N3O3/c1-12(2,3)18-10(16)8-15-11(13)14-7-9-5-4-6-17-9/h9H,4-8H2,1-3H3,(H3,13,14,15). The number of guanidine groups is 1. The molecular formula is C12H23N3O3. The molecule has 1 aliphatic heterocycles. The third-order valence-electron chi connectivity index (χ3n) is 2.33. The fraction of sp³-hybridized carbons (Fsp3) is 0.833. The molecule has 1 rings (SSSR count). The van der Waals surface area contributed by atoms with E-state index in [1.54, 1.807) is 0 Å². The second-order valence-electron chi connectivity index (χ2n) is 5.30. The van der Waals surface area contributed by atoms with Gasteiger partial charge in [-0.2, -0.15) is 0 Å². The summed E-state index contributed by atoms with van der Waals surface area (Å²) in [6.07, 6.45) is 2.31. The molecule has 0 bridgehead atoms. The Balaban J connectivity index is 2.21. The van der Waals surface area contributed by atoms with E-state index in [4.69, 9.17) is 15.2 Å². The van der Waals surface area contributed by atoms with Gasteiger partial charge in [0.05, 0.1) is 6.10 Å². The number of carbonyl (C=O) groups excluding carboxylic acids is 1. The number of ether oxygens (including phenoxy) is 2. The van der Waals surface area contributed by atoms with Crippen molar-refractivity contribution in [2.75, 3.05) is 19.7 Å². The highest BCUT2D eigenvalue weighted by atomic mass is 16.6. The Morgan fingerprint density at radius 1 is 1.56 bits per heavy atom. The van der Waals surface area contributed by atoms with Crippen LogP contribution in [0.1, 0.15) is 33.6 Å². The van der Waals surface area contributed by atoms with Gasteiger partial charge in [-0.25, -0.2) is 4.99 Å². The fourth-order valence-corrected chi connectivity index (χ4v) is 1.60. The molecule has 0 radical (unpaired) electrons. The van der Waals surface area contributed by atoms with Crippen molar-refractivity contribution in [1.29, 1.82) is 0 Å². The molecule has 104 valence electrons. The van der Waals surface area contributed by atoms with E-state index < -0.39 is 5.60 Å². The predicted molar refractivity (Wildman–Crippen MR) is 69.3 cm³/mol. The summed E-state index contributed by atoms with van der Waals surface area (Å²) in [5.41, 5.74) is 5.15. The molecule has 6 nitrogen and oxygen atoms in total. The monoisotopic (exact) mass is 257 g/mol. The van der Waals surface area contributed by atoms with Crippen LogP contribution in [0.25, 0.3) is 0 Å². The second-order valence-corrected chi connectivity index (χ2v) is 5.30. The molecule has 18 heavy (non-hydrogen) atoms. The first kappa shape index (κ1) is 14.8. The molecule has 1 atom stereocenters. The maximum absolute atomic E-state index is 11.4. The van der Waals surface area contributed by atoms with Gasteiger partial charge in [0.25, 0.3) is 0 Å². The SMILES string of the molecule is CC(C)(C)OC(=O)CN=C(N)NCC1CCCO1. The smallest absolute Gasteiger partial charge is 0.328 e. The van der Waals surface area contributed by atoms with Gasteiger partial charge >= 0.3 is 5.97 Å². The van der Waals surface area contributed by atoms with Crippen LogP contribution in [-0.2, 0) is 14.3 Å². The van der Waals surface area contributed by atoms with Gasteiger partial charge in [-0.05, 0) is 33.6 Å². The molecule has 0 aromatic carbocycles. The number of hydrogen-bond acceptors (Lipinski definition) is 4. The van der Waals surface area contributed by atoms with Crippen molar-refractivity contribution in [1.82, 2.24) is 5.32 Å². The average molecular weight is 257 g/mol. The van der Waals surface area contributed by atoms with E-state index in [1.807, 2.05) is 20.8 Å². The molecule has 0 aromatic rings. The zero-order valence-electron chi connectivity index (χ0n) is 11.4. The topological polar surface area (TPSA) is 85.9 Å². The molecule has 1 unspecified atom stereocenters. The van der Waals surface area contributed by atoms with Crippen LogP contribution in [0.4, 0.5) is 0 Å². The Kier molecular flexibility index (Phi) is 5.40. The third-order valence-corrected chi connectivity index (χ3v) is 2.33. The average Bonchev–Trinajstić information content (AvgIpc) is 2.74. The van der Waals surface area contributed by atoms with E-state index in [1.165, 1.54) is 0 Å². The highest BCUT2D eigenvalue weighted by Crippen LogP contribution is 2.10. The van der Waals surface area contributed by atoms with Crippen molar-refractivity contribution < 1.29 is 14.3 Å². The van der Waals surface area contributed by atoms with Gasteiger partial charge in [0.2, 0.25) is 0 Å². The third kappa shape index (κ3) is 6.44. The van der Waals surface area contributed by atoms with Gasteiger partial charge < -0.3 is 20.5 Å². The van der Waals surface area contributed by atoms with Crippen LogP contribution in [0.2, 0.25) is 0 Å². The number of nitrogens with two attached hydrogens (primary N) is 1. The van der Waals surface area contributed by atoms with Crippen molar-refractivity contribution in [2.45, 2.75) is 45.3 Å². The number of nitrogens with zero attached hydrogens (tertiary/aromatic N) is 1. The van der Waals surface area contributed by atoms with E-state index in [0.29, 0.717) is 6.54 Å². The van der Waals surface area contributed by atoms with E-state index in [-0.39, 0.29) is 24.6 Å². The molecule has 1 heterocycles. The van der Waals surface area contributed by atoms with Gasteiger partial charge in [0.15, 0.2) is 5.96 Å². The Morgan fingerprint density at radius 3 is 2.83 bits per heavy atom. The molecule has 0 amide bonds. The van der Waals surface area contributed by atoms with Crippen LogP contribution in [0.3, 0.4) is 0 Å². The van der Waals surface area contributed by atoms with Crippen LogP contribution in [0, 0.1) is 0 Å². The first-order valence-electron chi connectivity index (χ1n) is 6.24. The summed E-state index contributed by atoms with van der Waals surface area (Å²) in [6.45, 7) is 6.81. The Labute approximate surface area is 108 Å². The minimum absolute atomic E-state index is 0.0678. The summed E-state index contributed by atoms with van der Waals surface area (Å²) in [7, 11) is 0. The van der Waals surface area contributed by atoms with Crippen LogP contribution in [0.15, 0.2) is 4.99 Å². The first-order valence-corrected chi connectivity index (χ1v) is 6.24. The summed E-state index contributed by atoms with van der Waals surface area (Å²) in [4.78, 5) is 15.3. The maximum atomic E-state index is 11.4. The van der Waals surface area contributed by atoms with Crippen LogP contribution < -0.4 is 11.1 Å². The number of nitrogens with one attached hydrogen (secondary N) is 1. The predicted octanol–water partition coefficient (Wildman–Crippen LogP) is 0.411. The number of aliphatic imine (C=N–C) groups is 1. The molecule has 1 aliphatic rings. The van der Waals surface area contributed by atoms with Crippen LogP contribution in [0.5, 0.6) is 0 Å². The van der Waals surface area contributed by atoms with Crippen molar-refractivity contribution in [3.8, 4) is 0 Å². The normalized spacial score (nSPS) is 20.8. The van der Waals surface area contributed by atoms with Gasteiger partial charge in [-0.3, -0.25) is 4.79 Å². The van der Waals surface area contributed by atoms with Crippen LogP contribution >= 0.6 is 0 Å². The molecule has 1 fully saturated rings. The van der Waals surface area contributed by atoms with Gasteiger partial charge in [0, 0.05) is 13.2 Å².